The summed E-state index contributed by atoms with van der Waals surface area (Å²) in [5, 5.41) is 3.23. The summed E-state index contributed by atoms with van der Waals surface area (Å²) in [5.41, 5.74) is 1.69. The van der Waals surface area contributed by atoms with E-state index in [1.165, 1.54) is 11.5 Å². The van der Waals surface area contributed by atoms with Crippen LogP contribution >= 0.6 is 19.7 Å². The fourth-order valence-corrected chi connectivity index (χ4v) is 18.5. The molecule has 9 fully saturated rings. The zero-order chi connectivity index (χ0) is 23.4. The summed E-state index contributed by atoms with van der Waals surface area (Å²) in [6.07, 6.45) is 19.1. The van der Waals surface area contributed by atoms with E-state index in [2.05, 4.69) is 54.8 Å². The smallest absolute Gasteiger partial charge is 0.0450 e. The van der Waals surface area contributed by atoms with Crippen LogP contribution in [0, 0.1) is 35.5 Å². The van der Waals surface area contributed by atoms with Crippen LogP contribution in [0.5, 0.6) is 0 Å². The van der Waals surface area contributed by atoms with Crippen molar-refractivity contribution in [3.05, 3.63) is 24.3 Å². The molecule has 190 valence electrons. The zero-order valence-electron chi connectivity index (χ0n) is 22.1. The maximum atomic E-state index is 2.90. The molecule has 10 rings (SSSR count). The minimum atomic E-state index is -0.136. The maximum absolute atomic E-state index is 2.90. The van der Waals surface area contributed by atoms with Crippen LogP contribution in [-0.4, -0.2) is 33.9 Å². The summed E-state index contributed by atoms with van der Waals surface area (Å²) < 4.78 is 0. The van der Waals surface area contributed by atoms with Gasteiger partial charge in [0.05, 0.1) is 0 Å². The van der Waals surface area contributed by atoms with Gasteiger partial charge in [-0.1, -0.05) is 26.1 Å². The Morgan fingerprint density at radius 2 is 1.06 bits per heavy atom. The van der Waals surface area contributed by atoms with Gasteiger partial charge in [0.25, 0.3) is 0 Å². The first kappa shape index (κ1) is 22.8. The molecule has 8 aliphatic carbocycles. The van der Waals surface area contributed by atoms with E-state index < -0.39 is 0 Å². The number of hydrogen-bond acceptors (Lipinski definition) is 2. The SMILES string of the molecule is CC1CSCC(C)N1c1ccccc1P(C12CC3CC(CC(C3)C1)C2)C12CC3CC(CC(C3)C1)C2. The predicted molar refractivity (Wildman–Crippen MR) is 154 cm³/mol. The van der Waals surface area contributed by atoms with Crippen LogP contribution in [0.2, 0.25) is 0 Å². The number of thioether (sulfide) groups is 1. The van der Waals surface area contributed by atoms with E-state index in [-0.39, 0.29) is 7.92 Å². The second-order valence-corrected chi connectivity index (χ2v) is 18.9. The normalized spacial score (nSPS) is 50.6. The minimum absolute atomic E-state index is 0.136. The van der Waals surface area contributed by atoms with Crippen LogP contribution in [0.25, 0.3) is 0 Å². The molecule has 9 aliphatic rings. The summed E-state index contributed by atoms with van der Waals surface area (Å²) in [4.78, 5) is 2.90. The van der Waals surface area contributed by atoms with Gasteiger partial charge in [-0.3, -0.25) is 0 Å². The Morgan fingerprint density at radius 3 is 1.49 bits per heavy atom. The molecule has 1 aromatic rings. The van der Waals surface area contributed by atoms with Gasteiger partial charge in [0.2, 0.25) is 0 Å². The third kappa shape index (κ3) is 3.50. The van der Waals surface area contributed by atoms with Crippen LogP contribution in [0.4, 0.5) is 5.69 Å². The van der Waals surface area contributed by atoms with E-state index in [9.17, 15) is 0 Å². The molecule has 2 atom stereocenters. The summed E-state index contributed by atoms with van der Waals surface area (Å²) in [6.45, 7) is 5.02. The summed E-state index contributed by atoms with van der Waals surface area (Å²) in [5.74, 6) is 8.99. The molecule has 2 unspecified atom stereocenters. The highest BCUT2D eigenvalue weighted by Crippen LogP contribution is 2.78. The molecule has 0 radical (unpaired) electrons. The lowest BCUT2D eigenvalue weighted by atomic mass is 9.55. The summed E-state index contributed by atoms with van der Waals surface area (Å²) >= 11 is 2.18. The van der Waals surface area contributed by atoms with Gasteiger partial charge in [-0.2, -0.15) is 11.8 Å². The predicted octanol–water partition coefficient (Wildman–Crippen LogP) is 8.06. The van der Waals surface area contributed by atoms with E-state index in [0.29, 0.717) is 22.4 Å². The Bertz CT molecular complexity index is 863. The van der Waals surface area contributed by atoms with Crippen LogP contribution in [0.1, 0.15) is 90.9 Å². The number of hydrogen-bond donors (Lipinski definition) is 0. The monoisotopic (exact) mass is 507 g/mol. The fraction of sp³-hybridized carbons (Fsp3) is 0.812. The van der Waals surface area contributed by atoms with Gasteiger partial charge in [-0.05, 0) is 143 Å². The van der Waals surface area contributed by atoms with Crippen molar-refractivity contribution in [2.45, 2.75) is 113 Å². The standard InChI is InChI=1S/C32H46NPS/c1-21-19-35-20-22(2)33(21)29-5-3-4-6-30(29)34(31-13-23-7-24(14-31)9-25(8-23)15-31)32-16-26-10-27(17-32)12-28(11-26)18-32/h3-6,21-28H,7-20H2,1-2H3. The van der Waals surface area contributed by atoms with Crippen molar-refractivity contribution < 1.29 is 0 Å². The number of anilines is 1. The second kappa shape index (κ2) is 8.15. The highest BCUT2D eigenvalue weighted by atomic mass is 32.2. The van der Waals surface area contributed by atoms with Crippen molar-refractivity contribution in [1.82, 2.24) is 0 Å². The van der Waals surface area contributed by atoms with E-state index in [1.54, 1.807) is 82.7 Å². The topological polar surface area (TPSA) is 3.24 Å². The molecule has 0 amide bonds. The van der Waals surface area contributed by atoms with Gasteiger partial charge in [0.1, 0.15) is 0 Å². The van der Waals surface area contributed by atoms with E-state index in [0.717, 1.165) is 35.5 Å². The molecule has 35 heavy (non-hydrogen) atoms. The molecule has 0 N–H and O–H groups in total. The Balaban J connectivity index is 1.30. The molecule has 1 aliphatic heterocycles. The Morgan fingerprint density at radius 1 is 0.657 bits per heavy atom. The molecular formula is C32H46NPS. The summed E-state index contributed by atoms with van der Waals surface area (Å²) in [7, 11) is -0.136. The quantitative estimate of drug-likeness (QED) is 0.379. The molecule has 0 spiro atoms. The fourth-order valence-electron chi connectivity index (χ4n) is 12.0. The first-order valence-corrected chi connectivity index (χ1v) is 17.8. The Labute approximate surface area is 219 Å². The first-order valence-electron chi connectivity index (χ1n) is 15.3. The molecule has 8 saturated carbocycles. The Kier molecular flexibility index (Phi) is 5.30. The maximum Gasteiger partial charge on any atom is 0.0450 e. The number of rotatable bonds is 4. The van der Waals surface area contributed by atoms with Gasteiger partial charge < -0.3 is 4.90 Å². The lowest BCUT2D eigenvalue weighted by Crippen LogP contribution is -2.58. The average molecular weight is 508 g/mol. The lowest BCUT2D eigenvalue weighted by Gasteiger charge is -2.67. The van der Waals surface area contributed by atoms with E-state index in [4.69, 9.17) is 0 Å². The molecular weight excluding hydrogens is 461 g/mol. The van der Waals surface area contributed by atoms with Crippen LogP contribution in [0.3, 0.4) is 0 Å². The van der Waals surface area contributed by atoms with Gasteiger partial charge in [-0.25, -0.2) is 0 Å². The number of nitrogens with zero attached hydrogens (tertiary/aromatic N) is 1. The average Bonchev–Trinajstić information content (AvgIpc) is 2.78. The Hall–Kier alpha value is -0.200. The zero-order valence-corrected chi connectivity index (χ0v) is 23.8. The minimum Gasteiger partial charge on any atom is -0.364 e. The largest absolute Gasteiger partial charge is 0.364 e. The lowest BCUT2D eigenvalue weighted by molar-refractivity contribution is 0.0195. The van der Waals surface area contributed by atoms with Gasteiger partial charge >= 0.3 is 0 Å². The third-order valence-electron chi connectivity index (χ3n) is 12.0. The van der Waals surface area contributed by atoms with E-state index >= 15 is 0 Å². The van der Waals surface area contributed by atoms with Crippen molar-refractivity contribution in [3.63, 3.8) is 0 Å². The molecule has 0 aromatic heterocycles. The summed E-state index contributed by atoms with van der Waals surface area (Å²) in [6, 6.07) is 11.4. The highest BCUT2D eigenvalue weighted by Gasteiger charge is 2.63. The molecule has 8 bridgehead atoms. The number of para-hydroxylation sites is 1. The third-order valence-corrected chi connectivity index (χ3v) is 17.3. The molecule has 3 heteroatoms. The highest BCUT2D eigenvalue weighted by molar-refractivity contribution is 7.99. The molecule has 1 saturated heterocycles. The molecule has 1 heterocycles. The molecule has 1 nitrogen and oxygen atoms in total. The van der Waals surface area contributed by atoms with Crippen molar-refractivity contribution in [2.75, 3.05) is 16.4 Å². The van der Waals surface area contributed by atoms with Crippen molar-refractivity contribution in [3.8, 4) is 0 Å². The van der Waals surface area contributed by atoms with Crippen molar-refractivity contribution >= 4 is 30.7 Å². The van der Waals surface area contributed by atoms with Crippen LogP contribution < -0.4 is 10.2 Å². The van der Waals surface area contributed by atoms with Crippen LogP contribution in [-0.2, 0) is 0 Å². The number of benzene rings is 1. The molecule has 1 aromatic carbocycles. The van der Waals surface area contributed by atoms with Gasteiger partial charge in [0, 0.05) is 34.6 Å². The van der Waals surface area contributed by atoms with Crippen molar-refractivity contribution in [1.29, 1.82) is 0 Å². The first-order chi connectivity index (χ1) is 17.0. The van der Waals surface area contributed by atoms with E-state index in [1.807, 2.05) is 5.30 Å². The second-order valence-electron chi connectivity index (χ2n) is 14.8. The van der Waals surface area contributed by atoms with Crippen molar-refractivity contribution in [2.24, 2.45) is 35.5 Å². The van der Waals surface area contributed by atoms with Crippen LogP contribution in [0.15, 0.2) is 24.3 Å². The van der Waals surface area contributed by atoms with Gasteiger partial charge in [-0.15, -0.1) is 0 Å². The van der Waals surface area contributed by atoms with Gasteiger partial charge in [0.15, 0.2) is 0 Å².